The van der Waals surface area contributed by atoms with Crippen molar-refractivity contribution in [1.82, 2.24) is 4.90 Å². The topological polar surface area (TPSA) is 59.8 Å². The quantitative estimate of drug-likeness (QED) is 0.811. The summed E-state index contributed by atoms with van der Waals surface area (Å²) in [5.74, 6) is 0.359. The zero-order valence-electron chi connectivity index (χ0n) is 13.5. The van der Waals surface area contributed by atoms with Crippen molar-refractivity contribution in [3.8, 4) is 5.75 Å². The summed E-state index contributed by atoms with van der Waals surface area (Å²) in [6.45, 7) is 9.58. The molecule has 0 radical (unpaired) electrons. The number of carbonyl (C=O) groups is 1. The highest BCUT2D eigenvalue weighted by atomic mass is 16.6. The fourth-order valence-electron chi connectivity index (χ4n) is 2.54. The van der Waals surface area contributed by atoms with E-state index in [1.807, 2.05) is 34.6 Å². The summed E-state index contributed by atoms with van der Waals surface area (Å²) in [6, 6.07) is 6.56. The Hall–Kier alpha value is -2.30. The summed E-state index contributed by atoms with van der Waals surface area (Å²) in [4.78, 5) is 25.4. The van der Waals surface area contributed by atoms with E-state index in [1.54, 1.807) is 23.1 Å². The molecule has 1 amide bonds. The van der Waals surface area contributed by atoms with E-state index >= 15 is 0 Å². The number of nitrogens with zero attached hydrogens (tertiary/aromatic N) is 1. The molecule has 1 aromatic carbocycles. The van der Waals surface area contributed by atoms with Gasteiger partial charge in [-0.1, -0.05) is 0 Å². The standard InChI is InChI=1S/C17H21NO4/c1-10(2)18(11(3)4)17(20)21-13-6-7-14-12(5)8-16(19)22-15(14)9-13/h6-11H,1-5H3. The van der Waals surface area contributed by atoms with Crippen molar-refractivity contribution in [3.05, 3.63) is 40.2 Å². The highest BCUT2D eigenvalue weighted by Crippen LogP contribution is 2.23. The number of hydrogen-bond donors (Lipinski definition) is 0. The minimum atomic E-state index is -0.417. The first kappa shape index (κ1) is 16.1. The molecule has 1 heterocycles. The fourth-order valence-corrected chi connectivity index (χ4v) is 2.54. The molecule has 5 nitrogen and oxygen atoms in total. The second kappa shape index (κ2) is 6.22. The van der Waals surface area contributed by atoms with Crippen LogP contribution in [0.2, 0.25) is 0 Å². The van der Waals surface area contributed by atoms with Gasteiger partial charge in [0.2, 0.25) is 0 Å². The van der Waals surface area contributed by atoms with E-state index in [-0.39, 0.29) is 12.1 Å². The van der Waals surface area contributed by atoms with Crippen molar-refractivity contribution >= 4 is 17.1 Å². The Morgan fingerprint density at radius 3 is 2.36 bits per heavy atom. The third kappa shape index (κ3) is 3.30. The van der Waals surface area contributed by atoms with Crippen LogP contribution >= 0.6 is 0 Å². The molecule has 0 aliphatic carbocycles. The molecule has 22 heavy (non-hydrogen) atoms. The highest BCUT2D eigenvalue weighted by Gasteiger charge is 2.22. The Balaban J connectivity index is 2.32. The Bertz CT molecular complexity index is 738. The Morgan fingerprint density at radius 1 is 1.14 bits per heavy atom. The summed E-state index contributed by atoms with van der Waals surface area (Å²) in [7, 11) is 0. The van der Waals surface area contributed by atoms with Crippen LogP contribution < -0.4 is 10.4 Å². The number of carbonyl (C=O) groups excluding carboxylic acids is 1. The van der Waals surface area contributed by atoms with Crippen molar-refractivity contribution in [1.29, 1.82) is 0 Å². The molecule has 0 bridgehead atoms. The van der Waals surface area contributed by atoms with Crippen LogP contribution in [-0.4, -0.2) is 23.1 Å². The zero-order valence-corrected chi connectivity index (χ0v) is 13.5. The van der Waals surface area contributed by atoms with Gasteiger partial charge in [0.1, 0.15) is 11.3 Å². The first-order valence-electron chi connectivity index (χ1n) is 7.34. The maximum Gasteiger partial charge on any atom is 0.415 e. The van der Waals surface area contributed by atoms with Gasteiger partial charge in [-0.05, 0) is 52.3 Å². The third-order valence-corrected chi connectivity index (χ3v) is 3.45. The highest BCUT2D eigenvalue weighted by molar-refractivity contribution is 5.82. The normalized spacial score (nSPS) is 11.2. The lowest BCUT2D eigenvalue weighted by atomic mass is 10.1. The molecule has 2 aromatic rings. The molecule has 0 atom stereocenters. The molecular weight excluding hydrogens is 282 g/mol. The van der Waals surface area contributed by atoms with E-state index in [1.165, 1.54) is 6.07 Å². The minimum Gasteiger partial charge on any atom is -0.423 e. The molecule has 0 saturated heterocycles. The molecule has 0 fully saturated rings. The zero-order chi connectivity index (χ0) is 16.4. The van der Waals surface area contributed by atoms with Crippen LogP contribution in [-0.2, 0) is 0 Å². The van der Waals surface area contributed by atoms with Crippen LogP contribution in [0.25, 0.3) is 11.0 Å². The molecule has 0 N–H and O–H groups in total. The SMILES string of the molecule is Cc1cc(=O)oc2cc(OC(=O)N(C(C)C)C(C)C)ccc12. The van der Waals surface area contributed by atoms with Crippen LogP contribution in [0.5, 0.6) is 5.75 Å². The van der Waals surface area contributed by atoms with Gasteiger partial charge in [-0.2, -0.15) is 0 Å². The van der Waals surface area contributed by atoms with Crippen LogP contribution in [0.3, 0.4) is 0 Å². The maximum atomic E-state index is 12.3. The molecule has 0 saturated carbocycles. The van der Waals surface area contributed by atoms with E-state index in [2.05, 4.69) is 0 Å². The van der Waals surface area contributed by atoms with Crippen molar-refractivity contribution in [3.63, 3.8) is 0 Å². The second-order valence-corrected chi connectivity index (χ2v) is 5.87. The van der Waals surface area contributed by atoms with E-state index in [0.29, 0.717) is 11.3 Å². The summed E-state index contributed by atoms with van der Waals surface area (Å²) in [5.41, 5.74) is 0.825. The van der Waals surface area contributed by atoms with Crippen molar-refractivity contribution in [2.24, 2.45) is 0 Å². The lowest BCUT2D eigenvalue weighted by molar-refractivity contribution is 0.123. The number of amides is 1. The van der Waals surface area contributed by atoms with Crippen LogP contribution in [0.15, 0.2) is 33.5 Å². The number of aryl methyl sites for hydroxylation is 1. The summed E-state index contributed by atoms with van der Waals surface area (Å²) in [6.07, 6.45) is -0.417. The Kier molecular flexibility index (Phi) is 4.54. The Labute approximate surface area is 129 Å². The first-order chi connectivity index (χ1) is 10.3. The van der Waals surface area contributed by atoms with Gasteiger partial charge in [0.05, 0.1) is 0 Å². The van der Waals surface area contributed by atoms with Gasteiger partial charge < -0.3 is 14.1 Å². The van der Waals surface area contributed by atoms with E-state index in [4.69, 9.17) is 9.15 Å². The van der Waals surface area contributed by atoms with E-state index in [0.717, 1.165) is 10.9 Å². The molecule has 1 aromatic heterocycles. The number of benzene rings is 1. The number of ether oxygens (including phenoxy) is 1. The number of rotatable bonds is 3. The Morgan fingerprint density at radius 2 is 1.77 bits per heavy atom. The average Bonchev–Trinajstić information content (AvgIpc) is 2.36. The van der Waals surface area contributed by atoms with Crippen molar-refractivity contribution in [2.75, 3.05) is 0 Å². The fraction of sp³-hybridized carbons (Fsp3) is 0.412. The second-order valence-electron chi connectivity index (χ2n) is 5.87. The molecule has 0 aliphatic heterocycles. The first-order valence-corrected chi connectivity index (χ1v) is 7.34. The smallest absolute Gasteiger partial charge is 0.415 e. The largest absolute Gasteiger partial charge is 0.423 e. The van der Waals surface area contributed by atoms with E-state index < -0.39 is 11.7 Å². The third-order valence-electron chi connectivity index (χ3n) is 3.45. The summed E-state index contributed by atoms with van der Waals surface area (Å²) in [5, 5.41) is 0.823. The van der Waals surface area contributed by atoms with Crippen molar-refractivity contribution in [2.45, 2.75) is 46.7 Å². The number of hydrogen-bond acceptors (Lipinski definition) is 4. The predicted octanol–water partition coefficient (Wildman–Crippen LogP) is 3.72. The molecule has 0 aliphatic rings. The predicted molar refractivity (Wildman–Crippen MR) is 85.4 cm³/mol. The van der Waals surface area contributed by atoms with Gasteiger partial charge >= 0.3 is 11.7 Å². The molecule has 0 unspecified atom stereocenters. The van der Waals surface area contributed by atoms with Gasteiger partial charge in [-0.25, -0.2) is 9.59 Å². The van der Waals surface area contributed by atoms with Gasteiger partial charge in [0.25, 0.3) is 0 Å². The van der Waals surface area contributed by atoms with Crippen LogP contribution in [0, 0.1) is 6.92 Å². The van der Waals surface area contributed by atoms with Gasteiger partial charge in [0, 0.05) is 29.6 Å². The van der Waals surface area contributed by atoms with Gasteiger partial charge in [0.15, 0.2) is 0 Å². The average molecular weight is 303 g/mol. The van der Waals surface area contributed by atoms with Crippen molar-refractivity contribution < 1.29 is 13.9 Å². The van der Waals surface area contributed by atoms with E-state index in [9.17, 15) is 9.59 Å². The maximum absolute atomic E-state index is 12.3. The summed E-state index contributed by atoms with van der Waals surface area (Å²) >= 11 is 0. The molecular formula is C17H21NO4. The van der Waals surface area contributed by atoms with Gasteiger partial charge in [-0.3, -0.25) is 0 Å². The lowest BCUT2D eigenvalue weighted by Gasteiger charge is -2.29. The molecule has 0 spiro atoms. The lowest BCUT2D eigenvalue weighted by Crippen LogP contribution is -2.43. The summed E-state index contributed by atoms with van der Waals surface area (Å²) < 4.78 is 10.6. The molecule has 118 valence electrons. The van der Waals surface area contributed by atoms with Crippen LogP contribution in [0.1, 0.15) is 33.3 Å². The van der Waals surface area contributed by atoms with Gasteiger partial charge in [-0.15, -0.1) is 0 Å². The van der Waals surface area contributed by atoms with Crippen LogP contribution in [0.4, 0.5) is 4.79 Å². The number of fused-ring (bicyclic) bond motifs is 1. The minimum absolute atomic E-state index is 0.0353. The molecule has 2 rings (SSSR count). The molecule has 5 heteroatoms. The monoisotopic (exact) mass is 303 g/mol.